The highest BCUT2D eigenvalue weighted by molar-refractivity contribution is 7.13. The van der Waals surface area contributed by atoms with Gasteiger partial charge in [0.15, 0.2) is 0 Å². The first-order valence-electron chi connectivity index (χ1n) is 8.05. The first-order chi connectivity index (χ1) is 12.0. The lowest BCUT2D eigenvalue weighted by Crippen LogP contribution is -2.31. The van der Waals surface area contributed by atoms with Crippen molar-refractivity contribution >= 4 is 28.8 Å². The number of thiazole rings is 1. The molecule has 1 amide bonds. The summed E-state index contributed by atoms with van der Waals surface area (Å²) in [4.78, 5) is 19.0. The van der Waals surface area contributed by atoms with Crippen molar-refractivity contribution in [1.82, 2.24) is 9.88 Å². The summed E-state index contributed by atoms with van der Waals surface area (Å²) in [5.74, 6) is 0.0595. The zero-order valence-corrected chi connectivity index (χ0v) is 15.7. The maximum atomic E-state index is 12.6. The van der Waals surface area contributed by atoms with Crippen LogP contribution in [0.4, 0.5) is 0 Å². The lowest BCUT2D eigenvalue weighted by Gasteiger charge is -2.25. The molecule has 0 radical (unpaired) electrons. The number of amides is 1. The molecule has 0 fully saturated rings. The van der Waals surface area contributed by atoms with Crippen molar-refractivity contribution in [3.63, 3.8) is 0 Å². The molecule has 1 heterocycles. The van der Waals surface area contributed by atoms with Crippen molar-refractivity contribution in [2.24, 2.45) is 0 Å². The van der Waals surface area contributed by atoms with Gasteiger partial charge in [0.25, 0.3) is 0 Å². The Morgan fingerprint density at radius 1 is 1.16 bits per heavy atom. The topological polar surface area (TPSA) is 33.2 Å². The van der Waals surface area contributed by atoms with E-state index in [0.29, 0.717) is 11.4 Å². The maximum absolute atomic E-state index is 12.6. The first-order valence-corrected chi connectivity index (χ1v) is 9.31. The Balaban J connectivity index is 1.68. The predicted molar refractivity (Wildman–Crippen MR) is 104 cm³/mol. The predicted octanol–water partition coefficient (Wildman–Crippen LogP) is 5.23. The Morgan fingerprint density at radius 2 is 1.84 bits per heavy atom. The molecule has 0 saturated heterocycles. The zero-order chi connectivity index (χ0) is 17.8. The smallest absolute Gasteiger partial charge is 0.228 e. The number of hydrogen-bond donors (Lipinski definition) is 0. The fourth-order valence-corrected chi connectivity index (χ4v) is 3.52. The summed E-state index contributed by atoms with van der Waals surface area (Å²) in [7, 11) is 1.84. The van der Waals surface area contributed by atoms with E-state index in [4.69, 9.17) is 11.6 Å². The molecule has 0 aliphatic carbocycles. The second-order valence-electron chi connectivity index (χ2n) is 5.92. The SMILES string of the molecule is C[C@@H](c1ccccc1)N(C)C(=O)Cc1csc(-c2ccc(Cl)cc2)n1. The molecule has 0 aliphatic heterocycles. The van der Waals surface area contributed by atoms with E-state index < -0.39 is 0 Å². The second kappa shape index (κ2) is 7.81. The Hall–Kier alpha value is -2.17. The van der Waals surface area contributed by atoms with E-state index in [0.717, 1.165) is 21.8 Å². The van der Waals surface area contributed by atoms with E-state index in [9.17, 15) is 4.79 Å². The number of likely N-dealkylation sites (N-methyl/N-ethyl adjacent to an activating group) is 1. The monoisotopic (exact) mass is 370 g/mol. The summed E-state index contributed by atoms with van der Waals surface area (Å²) in [6.45, 7) is 2.04. The van der Waals surface area contributed by atoms with Gasteiger partial charge in [0.2, 0.25) is 5.91 Å². The van der Waals surface area contributed by atoms with Gasteiger partial charge in [-0.15, -0.1) is 11.3 Å². The number of hydrogen-bond acceptors (Lipinski definition) is 3. The molecule has 5 heteroatoms. The zero-order valence-electron chi connectivity index (χ0n) is 14.1. The number of nitrogens with zero attached hydrogens (tertiary/aromatic N) is 2. The van der Waals surface area contributed by atoms with Gasteiger partial charge in [-0.1, -0.05) is 54.1 Å². The molecule has 3 rings (SSSR count). The molecule has 0 bridgehead atoms. The van der Waals surface area contributed by atoms with Gasteiger partial charge in [-0.25, -0.2) is 4.98 Å². The summed E-state index contributed by atoms with van der Waals surface area (Å²) >= 11 is 7.46. The number of rotatable bonds is 5. The van der Waals surface area contributed by atoms with Gasteiger partial charge in [0, 0.05) is 23.0 Å². The molecule has 1 aromatic heterocycles. The summed E-state index contributed by atoms with van der Waals surface area (Å²) in [5.41, 5.74) is 2.93. The number of halogens is 1. The molecule has 2 aromatic carbocycles. The van der Waals surface area contributed by atoms with Gasteiger partial charge in [0.1, 0.15) is 5.01 Å². The van der Waals surface area contributed by atoms with E-state index in [-0.39, 0.29) is 11.9 Å². The third kappa shape index (κ3) is 4.27. The van der Waals surface area contributed by atoms with Crippen LogP contribution in [-0.2, 0) is 11.2 Å². The van der Waals surface area contributed by atoms with E-state index in [1.54, 1.807) is 16.2 Å². The fourth-order valence-electron chi connectivity index (χ4n) is 2.56. The molecule has 0 aliphatic rings. The fraction of sp³-hybridized carbons (Fsp3) is 0.200. The normalized spacial score (nSPS) is 12.0. The van der Waals surface area contributed by atoms with Gasteiger partial charge in [-0.2, -0.15) is 0 Å². The van der Waals surface area contributed by atoms with E-state index in [2.05, 4.69) is 4.98 Å². The Kier molecular flexibility index (Phi) is 5.51. The van der Waals surface area contributed by atoms with Crippen molar-refractivity contribution in [2.75, 3.05) is 7.05 Å². The van der Waals surface area contributed by atoms with Crippen molar-refractivity contribution in [1.29, 1.82) is 0 Å². The lowest BCUT2D eigenvalue weighted by atomic mass is 10.1. The third-order valence-corrected chi connectivity index (χ3v) is 5.42. The van der Waals surface area contributed by atoms with E-state index in [1.165, 1.54) is 0 Å². The van der Waals surface area contributed by atoms with E-state index >= 15 is 0 Å². The minimum Gasteiger partial charge on any atom is -0.339 e. The minimum absolute atomic E-state index is 0.0306. The summed E-state index contributed by atoms with van der Waals surface area (Å²) in [6, 6.07) is 17.6. The number of benzene rings is 2. The summed E-state index contributed by atoms with van der Waals surface area (Å²) < 4.78 is 0. The van der Waals surface area contributed by atoms with Crippen LogP contribution < -0.4 is 0 Å². The highest BCUT2D eigenvalue weighted by Gasteiger charge is 2.18. The first kappa shape index (κ1) is 17.6. The number of aromatic nitrogens is 1. The average Bonchev–Trinajstić information content (AvgIpc) is 3.10. The van der Waals surface area contributed by atoms with Crippen LogP contribution >= 0.6 is 22.9 Å². The minimum atomic E-state index is 0.0306. The third-order valence-electron chi connectivity index (χ3n) is 4.23. The standard InChI is InChI=1S/C20H19ClN2OS/c1-14(15-6-4-3-5-7-15)23(2)19(24)12-18-13-25-20(22-18)16-8-10-17(21)11-9-16/h3-11,13-14H,12H2,1-2H3/t14-/m0/s1. The van der Waals surface area contributed by atoms with Crippen molar-refractivity contribution in [3.05, 3.63) is 76.3 Å². The number of carbonyl (C=O) groups excluding carboxylic acids is 1. The highest BCUT2D eigenvalue weighted by atomic mass is 35.5. The maximum Gasteiger partial charge on any atom is 0.228 e. The largest absolute Gasteiger partial charge is 0.339 e. The van der Waals surface area contributed by atoms with Crippen LogP contribution in [0.5, 0.6) is 0 Å². The highest BCUT2D eigenvalue weighted by Crippen LogP contribution is 2.26. The molecule has 0 N–H and O–H groups in total. The van der Waals surface area contributed by atoms with Crippen LogP contribution in [0.2, 0.25) is 5.02 Å². The van der Waals surface area contributed by atoms with Crippen LogP contribution in [0.15, 0.2) is 60.0 Å². The van der Waals surface area contributed by atoms with Crippen LogP contribution in [0.1, 0.15) is 24.2 Å². The van der Waals surface area contributed by atoms with Gasteiger partial charge < -0.3 is 4.90 Å². The Bertz CT molecular complexity index is 846. The molecule has 0 unspecified atom stereocenters. The van der Waals surface area contributed by atoms with Crippen LogP contribution in [0, 0.1) is 0 Å². The number of carbonyl (C=O) groups is 1. The van der Waals surface area contributed by atoms with Gasteiger partial charge in [0.05, 0.1) is 18.2 Å². The second-order valence-corrected chi connectivity index (χ2v) is 7.21. The molecule has 25 heavy (non-hydrogen) atoms. The molecule has 3 nitrogen and oxygen atoms in total. The van der Waals surface area contributed by atoms with Gasteiger partial charge in [-0.05, 0) is 24.6 Å². The van der Waals surface area contributed by atoms with Crippen LogP contribution in [-0.4, -0.2) is 22.8 Å². The summed E-state index contributed by atoms with van der Waals surface area (Å²) in [5, 5.41) is 3.55. The Morgan fingerprint density at radius 3 is 2.52 bits per heavy atom. The average molecular weight is 371 g/mol. The Labute approximate surface area is 156 Å². The molecular formula is C20H19ClN2OS. The molecule has 0 spiro atoms. The molecule has 1 atom stereocenters. The molecular weight excluding hydrogens is 352 g/mol. The lowest BCUT2D eigenvalue weighted by molar-refractivity contribution is -0.131. The quantitative estimate of drug-likeness (QED) is 0.616. The summed E-state index contributed by atoms with van der Waals surface area (Å²) in [6.07, 6.45) is 0.303. The molecule has 128 valence electrons. The van der Waals surface area contributed by atoms with Crippen molar-refractivity contribution in [3.8, 4) is 10.6 Å². The van der Waals surface area contributed by atoms with Crippen LogP contribution in [0.3, 0.4) is 0 Å². The van der Waals surface area contributed by atoms with Gasteiger partial charge >= 0.3 is 0 Å². The van der Waals surface area contributed by atoms with Gasteiger partial charge in [-0.3, -0.25) is 4.79 Å². The molecule has 3 aromatic rings. The van der Waals surface area contributed by atoms with Crippen LogP contribution in [0.25, 0.3) is 10.6 Å². The van der Waals surface area contributed by atoms with E-state index in [1.807, 2.05) is 73.9 Å². The van der Waals surface area contributed by atoms with Crippen molar-refractivity contribution < 1.29 is 4.79 Å². The molecule has 0 saturated carbocycles. The van der Waals surface area contributed by atoms with Crippen molar-refractivity contribution in [2.45, 2.75) is 19.4 Å².